The highest BCUT2D eigenvalue weighted by atomic mass is 16.5. The van der Waals surface area contributed by atoms with Gasteiger partial charge in [-0.15, -0.1) is 0 Å². The van der Waals surface area contributed by atoms with E-state index in [9.17, 15) is 4.79 Å². The second kappa shape index (κ2) is 8.44. The average molecular weight is 366 g/mol. The van der Waals surface area contributed by atoms with Gasteiger partial charge in [-0.2, -0.15) is 0 Å². The first-order chi connectivity index (χ1) is 13.2. The highest BCUT2D eigenvalue weighted by Crippen LogP contribution is 2.26. The molecule has 2 saturated heterocycles. The molecule has 2 bridgehead atoms. The normalized spacial score (nSPS) is 23.6. The molecule has 142 valence electrons. The standard InChI is InChI=1S/C22H26N2O3/c25-22(24-19-12-17-6-7-18(13-19)23-17)15-27-21-10-8-20(9-11-21)26-14-16-4-2-1-3-5-16/h1-5,8-11,17-19,23H,6-7,12-15H2,(H,24,25). The minimum absolute atomic E-state index is 0.0451. The maximum atomic E-state index is 12.2. The van der Waals surface area contributed by atoms with Crippen LogP contribution in [0.25, 0.3) is 0 Å². The summed E-state index contributed by atoms with van der Waals surface area (Å²) in [4.78, 5) is 12.2. The molecule has 2 atom stereocenters. The Kier molecular flexibility index (Phi) is 5.58. The number of benzene rings is 2. The molecule has 2 unspecified atom stereocenters. The van der Waals surface area contributed by atoms with Crippen molar-refractivity contribution in [2.45, 2.75) is 50.4 Å². The van der Waals surface area contributed by atoms with Gasteiger partial charge in [-0.3, -0.25) is 4.79 Å². The molecule has 1 amide bonds. The molecule has 2 aromatic rings. The first-order valence-electron chi connectivity index (χ1n) is 9.69. The van der Waals surface area contributed by atoms with Crippen molar-refractivity contribution in [3.05, 3.63) is 60.2 Å². The van der Waals surface area contributed by atoms with Gasteiger partial charge in [0.15, 0.2) is 6.61 Å². The van der Waals surface area contributed by atoms with Crippen LogP contribution in [0, 0.1) is 0 Å². The Morgan fingerprint density at radius 2 is 1.56 bits per heavy atom. The number of hydrogen-bond acceptors (Lipinski definition) is 4. The molecule has 2 aliphatic heterocycles. The van der Waals surface area contributed by atoms with E-state index in [1.807, 2.05) is 54.6 Å². The van der Waals surface area contributed by atoms with Gasteiger partial charge in [-0.1, -0.05) is 30.3 Å². The van der Waals surface area contributed by atoms with E-state index in [0.717, 1.165) is 24.2 Å². The van der Waals surface area contributed by atoms with Crippen LogP contribution in [0.5, 0.6) is 11.5 Å². The lowest BCUT2D eigenvalue weighted by Crippen LogP contribution is -2.48. The molecule has 0 aliphatic carbocycles. The van der Waals surface area contributed by atoms with Gasteiger partial charge in [0, 0.05) is 18.1 Å². The molecule has 5 nitrogen and oxygen atoms in total. The molecule has 2 aromatic carbocycles. The van der Waals surface area contributed by atoms with Gasteiger partial charge >= 0.3 is 0 Å². The van der Waals surface area contributed by atoms with Crippen LogP contribution in [-0.2, 0) is 11.4 Å². The van der Waals surface area contributed by atoms with Crippen molar-refractivity contribution in [3.8, 4) is 11.5 Å². The zero-order valence-electron chi connectivity index (χ0n) is 15.4. The third-order valence-electron chi connectivity index (χ3n) is 5.28. The highest BCUT2D eigenvalue weighted by Gasteiger charge is 2.33. The van der Waals surface area contributed by atoms with Gasteiger partial charge < -0.3 is 20.1 Å². The minimum atomic E-state index is -0.0503. The molecular formula is C22H26N2O3. The summed E-state index contributed by atoms with van der Waals surface area (Å²) >= 11 is 0. The van der Waals surface area contributed by atoms with E-state index >= 15 is 0 Å². The van der Waals surface area contributed by atoms with Crippen molar-refractivity contribution >= 4 is 5.91 Å². The average Bonchev–Trinajstić information content (AvgIpc) is 3.04. The third kappa shape index (κ3) is 5.01. The Labute approximate surface area is 160 Å². The van der Waals surface area contributed by atoms with Crippen LogP contribution in [0.4, 0.5) is 0 Å². The zero-order valence-corrected chi connectivity index (χ0v) is 15.4. The van der Waals surface area contributed by atoms with Crippen molar-refractivity contribution in [2.75, 3.05) is 6.61 Å². The summed E-state index contributed by atoms with van der Waals surface area (Å²) in [6.07, 6.45) is 4.50. The second-order valence-corrected chi connectivity index (χ2v) is 7.41. The summed E-state index contributed by atoms with van der Waals surface area (Å²) < 4.78 is 11.4. The van der Waals surface area contributed by atoms with Gasteiger partial charge in [0.2, 0.25) is 0 Å². The second-order valence-electron chi connectivity index (χ2n) is 7.41. The molecule has 2 fully saturated rings. The monoisotopic (exact) mass is 366 g/mol. The summed E-state index contributed by atoms with van der Waals surface area (Å²) in [6.45, 7) is 0.575. The van der Waals surface area contributed by atoms with E-state index in [1.54, 1.807) is 0 Å². The maximum Gasteiger partial charge on any atom is 0.258 e. The lowest BCUT2D eigenvalue weighted by molar-refractivity contribution is -0.124. The van der Waals surface area contributed by atoms with Crippen molar-refractivity contribution in [3.63, 3.8) is 0 Å². The van der Waals surface area contributed by atoms with E-state index in [-0.39, 0.29) is 18.6 Å². The molecule has 2 N–H and O–H groups in total. The smallest absolute Gasteiger partial charge is 0.258 e. The number of amides is 1. The number of ether oxygens (including phenoxy) is 2. The topological polar surface area (TPSA) is 59.6 Å². The lowest BCUT2D eigenvalue weighted by Gasteiger charge is -2.29. The number of rotatable bonds is 7. The Morgan fingerprint density at radius 3 is 2.22 bits per heavy atom. The van der Waals surface area contributed by atoms with Gasteiger partial charge in [0.1, 0.15) is 18.1 Å². The molecule has 27 heavy (non-hydrogen) atoms. The van der Waals surface area contributed by atoms with Crippen LogP contribution in [0.15, 0.2) is 54.6 Å². The Bertz CT molecular complexity index is 736. The van der Waals surface area contributed by atoms with E-state index in [4.69, 9.17) is 9.47 Å². The van der Waals surface area contributed by atoms with Crippen LogP contribution in [-0.4, -0.2) is 30.6 Å². The van der Waals surface area contributed by atoms with Crippen LogP contribution < -0.4 is 20.1 Å². The molecule has 5 heteroatoms. The van der Waals surface area contributed by atoms with Crippen molar-refractivity contribution < 1.29 is 14.3 Å². The fraction of sp³-hybridized carbons (Fsp3) is 0.409. The van der Waals surface area contributed by atoms with Crippen LogP contribution in [0.3, 0.4) is 0 Å². The van der Waals surface area contributed by atoms with Crippen molar-refractivity contribution in [1.29, 1.82) is 0 Å². The highest BCUT2D eigenvalue weighted by molar-refractivity contribution is 5.77. The predicted molar refractivity (Wildman–Crippen MR) is 104 cm³/mol. The fourth-order valence-corrected chi connectivity index (χ4v) is 3.97. The molecule has 4 rings (SSSR count). The van der Waals surface area contributed by atoms with Crippen molar-refractivity contribution in [2.24, 2.45) is 0 Å². The molecule has 2 aliphatic rings. The lowest BCUT2D eigenvalue weighted by atomic mass is 10.00. The fourth-order valence-electron chi connectivity index (χ4n) is 3.97. The SMILES string of the molecule is O=C(COc1ccc(OCc2ccccc2)cc1)NC1CC2CCC(C1)N2. The molecule has 2 heterocycles. The zero-order chi connectivity index (χ0) is 18.5. The Morgan fingerprint density at radius 1 is 0.926 bits per heavy atom. The molecule has 0 saturated carbocycles. The first-order valence-corrected chi connectivity index (χ1v) is 9.69. The number of hydrogen-bond donors (Lipinski definition) is 2. The quantitative estimate of drug-likeness (QED) is 0.791. The maximum absolute atomic E-state index is 12.2. The molecule has 0 aromatic heterocycles. The Balaban J connectivity index is 1.20. The van der Waals surface area contributed by atoms with Gasteiger partial charge in [0.25, 0.3) is 5.91 Å². The first kappa shape index (κ1) is 17.9. The number of fused-ring (bicyclic) bond motifs is 2. The van der Waals surface area contributed by atoms with E-state index in [1.165, 1.54) is 12.8 Å². The summed E-state index contributed by atoms with van der Waals surface area (Å²) in [5.74, 6) is 1.40. The summed E-state index contributed by atoms with van der Waals surface area (Å²) in [5, 5.41) is 6.69. The third-order valence-corrected chi connectivity index (χ3v) is 5.28. The van der Waals surface area contributed by atoms with E-state index < -0.39 is 0 Å². The van der Waals surface area contributed by atoms with Crippen LogP contribution in [0.1, 0.15) is 31.2 Å². The van der Waals surface area contributed by atoms with E-state index in [0.29, 0.717) is 24.4 Å². The minimum Gasteiger partial charge on any atom is -0.489 e. The number of carbonyl (C=O) groups excluding carboxylic acids is 1. The molecule has 0 radical (unpaired) electrons. The van der Waals surface area contributed by atoms with Gasteiger partial charge in [-0.05, 0) is 55.5 Å². The molecule has 0 spiro atoms. The van der Waals surface area contributed by atoms with Crippen LogP contribution in [0.2, 0.25) is 0 Å². The van der Waals surface area contributed by atoms with Gasteiger partial charge in [-0.25, -0.2) is 0 Å². The van der Waals surface area contributed by atoms with Gasteiger partial charge in [0.05, 0.1) is 0 Å². The summed E-state index contributed by atoms with van der Waals surface area (Å²) in [7, 11) is 0. The summed E-state index contributed by atoms with van der Waals surface area (Å²) in [5.41, 5.74) is 1.13. The van der Waals surface area contributed by atoms with E-state index in [2.05, 4.69) is 10.6 Å². The number of nitrogens with one attached hydrogen (secondary N) is 2. The molecular weight excluding hydrogens is 340 g/mol. The number of carbonyl (C=O) groups is 1. The largest absolute Gasteiger partial charge is 0.489 e. The van der Waals surface area contributed by atoms with Crippen LogP contribution >= 0.6 is 0 Å². The summed E-state index contributed by atoms with van der Waals surface area (Å²) in [6, 6.07) is 18.8. The number of piperidine rings is 1. The van der Waals surface area contributed by atoms with Crippen molar-refractivity contribution in [1.82, 2.24) is 10.6 Å². The predicted octanol–water partition coefficient (Wildman–Crippen LogP) is 3.04. The Hall–Kier alpha value is -2.53.